The molecule has 1 fully saturated rings. The summed E-state index contributed by atoms with van der Waals surface area (Å²) in [6.45, 7) is 10.8. The lowest BCUT2D eigenvalue weighted by Crippen LogP contribution is -2.54. The Morgan fingerprint density at radius 3 is 2.49 bits per heavy atom. The van der Waals surface area contributed by atoms with Crippen molar-refractivity contribution in [1.29, 1.82) is 0 Å². The maximum absolute atomic E-state index is 14.4. The molecule has 0 saturated carbocycles. The first-order chi connectivity index (χ1) is 18.2. The van der Waals surface area contributed by atoms with Crippen molar-refractivity contribution < 1.29 is 31.9 Å². The highest BCUT2D eigenvalue weighted by molar-refractivity contribution is 7.91. The number of aromatic nitrogens is 1. The second kappa shape index (κ2) is 12.2. The third kappa shape index (κ3) is 7.30. The van der Waals surface area contributed by atoms with Gasteiger partial charge in [0, 0.05) is 51.0 Å². The first-order valence-corrected chi connectivity index (χ1v) is 15.4. The largest absolute Gasteiger partial charge is 0.444 e. The van der Waals surface area contributed by atoms with E-state index in [-0.39, 0.29) is 34.6 Å². The fourth-order valence-corrected chi connectivity index (χ4v) is 6.36. The zero-order valence-corrected chi connectivity index (χ0v) is 24.9. The summed E-state index contributed by atoms with van der Waals surface area (Å²) < 4.78 is 53.0. The number of hydrogen-bond donors (Lipinski definition) is 0. The molecule has 1 aliphatic heterocycles. The van der Waals surface area contributed by atoms with E-state index in [1.807, 2.05) is 13.8 Å². The number of hydrogen-bond acceptors (Lipinski definition) is 6. The van der Waals surface area contributed by atoms with E-state index in [0.29, 0.717) is 50.9 Å². The van der Waals surface area contributed by atoms with Gasteiger partial charge in [0.1, 0.15) is 22.0 Å². The van der Waals surface area contributed by atoms with Gasteiger partial charge in [0.05, 0.1) is 11.6 Å². The van der Waals surface area contributed by atoms with Crippen LogP contribution in [0.15, 0.2) is 23.1 Å². The molecule has 39 heavy (non-hydrogen) atoms. The van der Waals surface area contributed by atoms with Crippen LogP contribution < -0.4 is 0 Å². The van der Waals surface area contributed by atoms with Crippen molar-refractivity contribution in [3.63, 3.8) is 0 Å². The molecule has 1 atom stereocenters. The van der Waals surface area contributed by atoms with Crippen molar-refractivity contribution in [3.8, 4) is 0 Å². The normalized spacial score (nSPS) is 16.6. The molecule has 1 saturated heterocycles. The van der Waals surface area contributed by atoms with E-state index in [1.54, 1.807) is 42.2 Å². The number of ether oxygens (including phenoxy) is 2. The Labute approximate surface area is 231 Å². The molecule has 1 aromatic heterocycles. The lowest BCUT2D eigenvalue weighted by atomic mass is 10.0. The number of fused-ring (bicyclic) bond motifs is 1. The smallest absolute Gasteiger partial charge is 0.410 e. The Balaban J connectivity index is 2.10. The van der Waals surface area contributed by atoms with Gasteiger partial charge in [0.2, 0.25) is 0 Å². The van der Waals surface area contributed by atoms with Crippen molar-refractivity contribution in [1.82, 2.24) is 14.4 Å². The highest BCUT2D eigenvalue weighted by Gasteiger charge is 2.38. The lowest BCUT2D eigenvalue weighted by Gasteiger charge is -2.41. The number of rotatable bonds is 9. The third-order valence-corrected chi connectivity index (χ3v) is 7.92. The molecule has 0 aliphatic carbocycles. The number of unbranched alkanes of at least 4 members (excludes halogenated alkanes) is 1. The number of carbonyl (C=O) groups excluding carboxylic acids is 2. The van der Waals surface area contributed by atoms with Gasteiger partial charge in [-0.25, -0.2) is 17.6 Å². The monoisotopic (exact) mass is 567 g/mol. The van der Waals surface area contributed by atoms with Crippen LogP contribution >= 0.6 is 0 Å². The van der Waals surface area contributed by atoms with Gasteiger partial charge in [0.15, 0.2) is 9.84 Å². The fraction of sp³-hybridized carbons (Fsp3) is 0.643. The Bertz CT molecular complexity index is 1300. The average Bonchev–Trinajstić information content (AvgIpc) is 3.14. The molecule has 0 unspecified atom stereocenters. The van der Waals surface area contributed by atoms with Crippen LogP contribution in [-0.2, 0) is 25.9 Å². The van der Waals surface area contributed by atoms with Gasteiger partial charge < -0.3 is 23.8 Å². The molecule has 2 heterocycles. The standard InChI is InChI=1S/C28H42FN3O6S/c1-19(2)32(21-11-10-14-30(18-21)27(34)38-28(3,4)5)26(33)24-25(39(7,35)36)22-17-20(29)12-13-23(22)31(24)15-8-9-16-37-6/h12-13,17,19,21H,8-11,14-16,18H2,1-7H3/t21-/m1/s1. The number of carbonyl (C=O) groups is 2. The first kappa shape index (κ1) is 30.9. The zero-order valence-electron chi connectivity index (χ0n) is 24.1. The minimum absolute atomic E-state index is 0.0265. The Hall–Kier alpha value is -2.66. The summed E-state index contributed by atoms with van der Waals surface area (Å²) in [5.74, 6) is -1.03. The molecule has 218 valence electrons. The summed E-state index contributed by atoms with van der Waals surface area (Å²) in [6, 6.07) is 3.34. The first-order valence-electron chi connectivity index (χ1n) is 13.5. The van der Waals surface area contributed by atoms with Crippen LogP contribution in [0.3, 0.4) is 0 Å². The van der Waals surface area contributed by atoms with E-state index < -0.39 is 33.3 Å². The van der Waals surface area contributed by atoms with Crippen LogP contribution in [-0.4, -0.2) is 85.5 Å². The van der Waals surface area contributed by atoms with Gasteiger partial charge in [-0.15, -0.1) is 0 Å². The molecule has 0 N–H and O–H groups in total. The predicted octanol–water partition coefficient (Wildman–Crippen LogP) is 4.86. The zero-order chi connectivity index (χ0) is 29.1. The quantitative estimate of drug-likeness (QED) is 0.402. The number of piperidine rings is 1. The fourth-order valence-electron chi connectivity index (χ4n) is 5.25. The second-order valence-electron chi connectivity index (χ2n) is 11.5. The third-order valence-electron chi connectivity index (χ3n) is 6.77. The Kier molecular flexibility index (Phi) is 9.69. The summed E-state index contributed by atoms with van der Waals surface area (Å²) in [4.78, 5) is 30.3. The molecule has 11 heteroatoms. The molecule has 3 rings (SSSR count). The maximum Gasteiger partial charge on any atom is 0.410 e. The van der Waals surface area contributed by atoms with Crippen molar-refractivity contribution in [3.05, 3.63) is 29.7 Å². The molecule has 0 radical (unpaired) electrons. The minimum Gasteiger partial charge on any atom is -0.444 e. The van der Waals surface area contributed by atoms with E-state index in [1.165, 1.54) is 18.2 Å². The number of sulfone groups is 1. The summed E-state index contributed by atoms with van der Waals surface area (Å²) in [6.07, 6.45) is 3.27. The molecule has 2 aromatic rings. The topological polar surface area (TPSA) is 98.2 Å². The van der Waals surface area contributed by atoms with Crippen LogP contribution in [0.2, 0.25) is 0 Å². The van der Waals surface area contributed by atoms with Gasteiger partial charge in [-0.2, -0.15) is 0 Å². The van der Waals surface area contributed by atoms with Gasteiger partial charge in [-0.3, -0.25) is 4.79 Å². The highest BCUT2D eigenvalue weighted by atomic mass is 32.2. The second-order valence-corrected chi connectivity index (χ2v) is 13.4. The number of benzene rings is 1. The van der Waals surface area contributed by atoms with E-state index in [4.69, 9.17) is 9.47 Å². The van der Waals surface area contributed by atoms with E-state index in [0.717, 1.165) is 6.26 Å². The van der Waals surface area contributed by atoms with Crippen LogP contribution in [0.4, 0.5) is 9.18 Å². The van der Waals surface area contributed by atoms with E-state index in [2.05, 4.69) is 0 Å². The van der Waals surface area contributed by atoms with Crippen LogP contribution in [0.1, 0.15) is 70.8 Å². The average molecular weight is 568 g/mol. The number of halogens is 1. The van der Waals surface area contributed by atoms with Crippen LogP contribution in [0, 0.1) is 5.82 Å². The molecule has 0 spiro atoms. The van der Waals surface area contributed by atoms with Gasteiger partial charge in [-0.1, -0.05) is 0 Å². The summed E-state index contributed by atoms with van der Waals surface area (Å²) >= 11 is 0. The van der Waals surface area contributed by atoms with Crippen molar-refractivity contribution in [2.45, 2.75) is 89.4 Å². The van der Waals surface area contributed by atoms with E-state index >= 15 is 0 Å². The van der Waals surface area contributed by atoms with Gasteiger partial charge in [0.25, 0.3) is 5.91 Å². The molecule has 1 aliphatic rings. The van der Waals surface area contributed by atoms with Crippen LogP contribution in [0.25, 0.3) is 10.9 Å². The van der Waals surface area contributed by atoms with Crippen molar-refractivity contribution in [2.75, 3.05) is 33.1 Å². The van der Waals surface area contributed by atoms with Crippen molar-refractivity contribution in [2.24, 2.45) is 0 Å². The Morgan fingerprint density at radius 2 is 1.90 bits per heavy atom. The molecular weight excluding hydrogens is 525 g/mol. The van der Waals surface area contributed by atoms with Gasteiger partial charge in [-0.05, 0) is 78.5 Å². The molecule has 0 bridgehead atoms. The molecule has 9 nitrogen and oxygen atoms in total. The number of nitrogens with zero attached hydrogens (tertiary/aromatic N) is 3. The Morgan fingerprint density at radius 1 is 1.21 bits per heavy atom. The highest BCUT2D eigenvalue weighted by Crippen LogP contribution is 2.34. The summed E-state index contributed by atoms with van der Waals surface area (Å²) in [5, 5.41) is 0.190. The predicted molar refractivity (Wildman–Crippen MR) is 148 cm³/mol. The number of aryl methyl sites for hydroxylation is 1. The van der Waals surface area contributed by atoms with E-state index in [9.17, 15) is 22.4 Å². The molecule has 2 amide bonds. The maximum atomic E-state index is 14.4. The van der Waals surface area contributed by atoms with Crippen LogP contribution in [0.5, 0.6) is 0 Å². The summed E-state index contributed by atoms with van der Waals surface area (Å²) in [7, 11) is -2.31. The lowest BCUT2D eigenvalue weighted by molar-refractivity contribution is 0.00726. The number of amides is 2. The van der Waals surface area contributed by atoms with Crippen molar-refractivity contribution >= 4 is 32.7 Å². The minimum atomic E-state index is -3.91. The SMILES string of the molecule is COCCCCn1c(C(=O)N(C(C)C)[C@@H]2CCCN(C(=O)OC(C)(C)C)C2)c(S(C)(=O)=O)c2cc(F)ccc21. The summed E-state index contributed by atoms with van der Waals surface area (Å²) in [5.41, 5.74) is -0.139. The van der Waals surface area contributed by atoms with Gasteiger partial charge >= 0.3 is 6.09 Å². The molecular formula is C28H42FN3O6S. The molecule has 1 aromatic carbocycles. The number of methoxy groups -OCH3 is 1. The number of likely N-dealkylation sites (tertiary alicyclic amines) is 1.